The molecular formula is C7H7NO2SZn. The van der Waals surface area contributed by atoms with E-state index in [0.717, 1.165) is 0 Å². The number of hydrogen-bond donors (Lipinski definition) is 3. The summed E-state index contributed by atoms with van der Waals surface area (Å²) in [4.78, 5) is 11.0. The van der Waals surface area contributed by atoms with E-state index >= 15 is 0 Å². The number of carbonyl (C=O) groups is 1. The maximum absolute atomic E-state index is 10.6. The van der Waals surface area contributed by atoms with Crippen molar-refractivity contribution in [1.82, 2.24) is 0 Å². The monoisotopic (exact) mass is 233 g/mol. The molecule has 0 aliphatic carbocycles. The maximum Gasteiger partial charge on any atom is 0.248 e. The van der Waals surface area contributed by atoms with E-state index in [1.54, 1.807) is 0 Å². The molecule has 0 radical (unpaired) electrons. The van der Waals surface area contributed by atoms with Crippen LogP contribution in [-0.2, 0) is 19.5 Å². The summed E-state index contributed by atoms with van der Waals surface area (Å²) in [5, 5.41) is 9.06. The predicted molar refractivity (Wildman–Crippen MR) is 43.9 cm³/mol. The van der Waals surface area contributed by atoms with Gasteiger partial charge in [0.15, 0.2) is 0 Å². The zero-order valence-electron chi connectivity index (χ0n) is 6.32. The molecule has 0 fully saturated rings. The molecule has 0 saturated carbocycles. The van der Waals surface area contributed by atoms with Crippen molar-refractivity contribution in [3.8, 4) is 5.75 Å². The zero-order valence-corrected chi connectivity index (χ0v) is 10.2. The SMILES string of the molecule is NC(=O)c1ccc(S)c(O)c1.[Zn]. The van der Waals surface area contributed by atoms with Crippen molar-refractivity contribution >= 4 is 18.5 Å². The van der Waals surface area contributed by atoms with Gasteiger partial charge in [0.05, 0.1) is 0 Å². The number of aromatic hydroxyl groups is 1. The van der Waals surface area contributed by atoms with Crippen molar-refractivity contribution in [1.29, 1.82) is 0 Å². The minimum Gasteiger partial charge on any atom is -0.507 e. The van der Waals surface area contributed by atoms with Gasteiger partial charge in [-0.3, -0.25) is 4.79 Å². The Morgan fingerprint density at radius 2 is 2.08 bits per heavy atom. The largest absolute Gasteiger partial charge is 0.507 e. The molecule has 1 aromatic rings. The van der Waals surface area contributed by atoms with E-state index in [9.17, 15) is 4.79 Å². The normalized spacial score (nSPS) is 8.75. The van der Waals surface area contributed by atoms with Gasteiger partial charge in [-0.25, -0.2) is 0 Å². The Bertz CT molecular complexity index is 303. The van der Waals surface area contributed by atoms with Gasteiger partial charge in [-0.1, -0.05) is 0 Å². The Balaban J connectivity index is 0.00000121. The fourth-order valence-electron chi connectivity index (χ4n) is 0.677. The van der Waals surface area contributed by atoms with Gasteiger partial charge in [0.2, 0.25) is 5.91 Å². The summed E-state index contributed by atoms with van der Waals surface area (Å²) in [5.74, 6) is -0.599. The third kappa shape index (κ3) is 2.50. The summed E-state index contributed by atoms with van der Waals surface area (Å²) in [6.07, 6.45) is 0. The summed E-state index contributed by atoms with van der Waals surface area (Å²) in [5.41, 5.74) is 5.24. The van der Waals surface area contributed by atoms with Gasteiger partial charge >= 0.3 is 0 Å². The number of phenolic OH excluding ortho intramolecular Hbond substituents is 1. The van der Waals surface area contributed by atoms with E-state index in [4.69, 9.17) is 10.8 Å². The van der Waals surface area contributed by atoms with E-state index in [-0.39, 0.29) is 30.8 Å². The second-order valence-electron chi connectivity index (χ2n) is 2.07. The van der Waals surface area contributed by atoms with Crippen LogP contribution >= 0.6 is 12.6 Å². The number of thiol groups is 1. The molecule has 0 bridgehead atoms. The molecule has 0 heterocycles. The van der Waals surface area contributed by atoms with Crippen molar-refractivity contribution < 1.29 is 29.4 Å². The Morgan fingerprint density at radius 3 is 2.50 bits per heavy atom. The van der Waals surface area contributed by atoms with Crippen LogP contribution in [0.15, 0.2) is 23.1 Å². The van der Waals surface area contributed by atoms with E-state index in [1.165, 1.54) is 18.2 Å². The quantitative estimate of drug-likeness (QED) is 0.497. The number of phenols is 1. The Hall–Kier alpha value is -0.537. The smallest absolute Gasteiger partial charge is 0.248 e. The van der Waals surface area contributed by atoms with Crippen LogP contribution in [-0.4, -0.2) is 11.0 Å². The summed E-state index contributed by atoms with van der Waals surface area (Å²) in [6.45, 7) is 0. The minimum absolute atomic E-state index is 0. The van der Waals surface area contributed by atoms with E-state index < -0.39 is 5.91 Å². The molecule has 12 heavy (non-hydrogen) atoms. The Morgan fingerprint density at radius 1 is 1.50 bits per heavy atom. The van der Waals surface area contributed by atoms with Crippen molar-refractivity contribution in [2.75, 3.05) is 0 Å². The number of rotatable bonds is 1. The Kier molecular flexibility index (Phi) is 4.28. The molecule has 1 aromatic carbocycles. The van der Waals surface area contributed by atoms with Crippen LogP contribution in [0, 0.1) is 0 Å². The standard InChI is InChI=1S/C7H7NO2S.Zn/c8-7(10)4-1-2-6(11)5(9)3-4;/h1-3,9,11H,(H2,8,10);. The number of carbonyl (C=O) groups excluding carboxylic acids is 1. The molecule has 60 valence electrons. The average Bonchev–Trinajstić information content (AvgIpc) is 1.94. The fraction of sp³-hybridized carbons (Fsp3) is 0. The molecule has 0 aliphatic heterocycles. The number of nitrogens with two attached hydrogens (primary N) is 1. The first-order valence-corrected chi connectivity index (χ1v) is 3.38. The first kappa shape index (κ1) is 11.5. The molecule has 0 spiro atoms. The minimum atomic E-state index is -0.561. The van der Waals surface area contributed by atoms with Gasteiger partial charge in [-0.05, 0) is 18.2 Å². The van der Waals surface area contributed by atoms with Crippen LogP contribution in [0.1, 0.15) is 10.4 Å². The molecule has 0 aromatic heterocycles. The number of benzene rings is 1. The van der Waals surface area contributed by atoms with Crippen molar-refractivity contribution in [3.63, 3.8) is 0 Å². The second kappa shape index (κ2) is 4.48. The van der Waals surface area contributed by atoms with Crippen LogP contribution in [0.5, 0.6) is 5.75 Å². The number of primary amides is 1. The van der Waals surface area contributed by atoms with Crippen LogP contribution < -0.4 is 5.73 Å². The summed E-state index contributed by atoms with van der Waals surface area (Å²) in [7, 11) is 0. The van der Waals surface area contributed by atoms with Gasteiger partial charge in [0.25, 0.3) is 0 Å². The average molecular weight is 235 g/mol. The van der Waals surface area contributed by atoms with Gasteiger partial charge in [0.1, 0.15) is 5.75 Å². The Labute approximate surface area is 88.1 Å². The third-order valence-corrected chi connectivity index (χ3v) is 1.64. The molecular weight excluding hydrogens is 228 g/mol. The first-order chi connectivity index (χ1) is 5.11. The molecule has 1 amide bonds. The fourth-order valence-corrected chi connectivity index (χ4v) is 0.816. The number of hydrogen-bond acceptors (Lipinski definition) is 3. The third-order valence-electron chi connectivity index (χ3n) is 1.26. The predicted octanol–water partition coefficient (Wildman–Crippen LogP) is 0.777. The second-order valence-corrected chi connectivity index (χ2v) is 2.55. The topological polar surface area (TPSA) is 63.3 Å². The molecule has 0 aliphatic rings. The molecule has 0 unspecified atom stereocenters. The van der Waals surface area contributed by atoms with Crippen molar-refractivity contribution in [2.24, 2.45) is 5.73 Å². The molecule has 5 heteroatoms. The van der Waals surface area contributed by atoms with E-state index in [0.29, 0.717) is 4.90 Å². The molecule has 0 atom stereocenters. The number of amides is 1. The summed E-state index contributed by atoms with van der Waals surface area (Å²) >= 11 is 3.91. The van der Waals surface area contributed by atoms with Crippen LogP contribution in [0.3, 0.4) is 0 Å². The van der Waals surface area contributed by atoms with Crippen molar-refractivity contribution in [2.45, 2.75) is 4.90 Å². The van der Waals surface area contributed by atoms with E-state index in [2.05, 4.69) is 12.6 Å². The van der Waals surface area contributed by atoms with Gasteiger partial charge in [0, 0.05) is 29.9 Å². The first-order valence-electron chi connectivity index (χ1n) is 2.93. The van der Waals surface area contributed by atoms with Gasteiger partial charge in [-0.2, -0.15) is 0 Å². The summed E-state index contributed by atoms with van der Waals surface area (Å²) < 4.78 is 0. The van der Waals surface area contributed by atoms with Crippen LogP contribution in [0.2, 0.25) is 0 Å². The van der Waals surface area contributed by atoms with Gasteiger partial charge < -0.3 is 10.8 Å². The maximum atomic E-state index is 10.6. The molecule has 1 rings (SSSR count). The summed E-state index contributed by atoms with van der Waals surface area (Å²) in [6, 6.07) is 4.30. The van der Waals surface area contributed by atoms with E-state index in [1.807, 2.05) is 0 Å². The van der Waals surface area contributed by atoms with Gasteiger partial charge in [-0.15, -0.1) is 12.6 Å². The van der Waals surface area contributed by atoms with Crippen molar-refractivity contribution in [3.05, 3.63) is 23.8 Å². The van der Waals surface area contributed by atoms with Crippen LogP contribution in [0.25, 0.3) is 0 Å². The molecule has 0 saturated heterocycles. The van der Waals surface area contributed by atoms with Crippen LogP contribution in [0.4, 0.5) is 0 Å². The molecule has 3 N–H and O–H groups in total. The zero-order chi connectivity index (χ0) is 8.43. The molecule has 3 nitrogen and oxygen atoms in total.